The van der Waals surface area contributed by atoms with Crippen LogP contribution in [0.25, 0.3) is 0 Å². The van der Waals surface area contributed by atoms with Crippen molar-refractivity contribution in [2.75, 3.05) is 6.54 Å². The molecule has 1 aromatic rings. The average Bonchev–Trinajstić information content (AvgIpc) is 2.46. The summed E-state index contributed by atoms with van der Waals surface area (Å²) in [6.45, 7) is 2.02. The van der Waals surface area contributed by atoms with Crippen LogP contribution in [-0.2, 0) is 13.0 Å². The number of aromatic nitrogens is 2. The maximum atomic E-state index is 4.99. The lowest BCUT2D eigenvalue weighted by Crippen LogP contribution is -2.44. The van der Waals surface area contributed by atoms with Crippen LogP contribution in [0.3, 0.4) is 0 Å². The highest BCUT2D eigenvalue weighted by atomic mass is 15.0. The van der Waals surface area contributed by atoms with Gasteiger partial charge in [0, 0.05) is 18.7 Å². The predicted molar refractivity (Wildman–Crippen MR) is 77.2 cm³/mol. The zero-order chi connectivity index (χ0) is 13.1. The minimum atomic E-state index is 0.676. The molecule has 6 rings (SSSR count). The molecule has 4 bridgehead atoms. The van der Waals surface area contributed by atoms with Crippen LogP contribution in [-0.4, -0.2) is 16.5 Å². The Morgan fingerprint density at radius 2 is 1.75 bits per heavy atom. The number of hydrogen-bond donors (Lipinski definition) is 1. The maximum absolute atomic E-state index is 4.99. The Morgan fingerprint density at radius 3 is 2.50 bits per heavy atom. The first-order chi connectivity index (χ1) is 9.87. The monoisotopic (exact) mass is 269 g/mol. The molecule has 0 atom stereocenters. The minimum absolute atomic E-state index is 0.676. The van der Waals surface area contributed by atoms with E-state index in [0.717, 1.165) is 43.2 Å². The van der Waals surface area contributed by atoms with Gasteiger partial charge in [0.05, 0.1) is 5.69 Å². The van der Waals surface area contributed by atoms with Gasteiger partial charge in [-0.1, -0.05) is 0 Å². The molecule has 1 aliphatic heterocycles. The first kappa shape index (κ1) is 11.7. The summed E-state index contributed by atoms with van der Waals surface area (Å²) in [6.07, 6.45) is 10.6. The molecule has 20 heavy (non-hydrogen) atoms. The van der Waals surface area contributed by atoms with Crippen LogP contribution in [0.2, 0.25) is 0 Å². The third kappa shape index (κ3) is 1.68. The average molecular weight is 269 g/mol. The van der Waals surface area contributed by atoms with Gasteiger partial charge in [0.1, 0.15) is 5.82 Å². The summed E-state index contributed by atoms with van der Waals surface area (Å²) >= 11 is 0. The smallest absolute Gasteiger partial charge is 0.132 e. The molecular formula is C17H23N3. The van der Waals surface area contributed by atoms with Gasteiger partial charge in [0.15, 0.2) is 0 Å². The zero-order valence-electron chi connectivity index (χ0n) is 12.0. The number of nitrogens with one attached hydrogen (secondary N) is 1. The zero-order valence-corrected chi connectivity index (χ0v) is 12.0. The molecule has 0 aromatic carbocycles. The largest absolute Gasteiger partial charge is 0.311 e. The SMILES string of the molecule is c1nc(C2C3CC4CC(C3)CC2C4)nc2c1CCNC2. The molecule has 4 aliphatic carbocycles. The number of nitrogens with zero attached hydrogens (tertiary/aromatic N) is 2. The topological polar surface area (TPSA) is 37.8 Å². The van der Waals surface area contributed by atoms with E-state index in [0.29, 0.717) is 5.92 Å². The first-order valence-electron chi connectivity index (χ1n) is 8.42. The first-order valence-corrected chi connectivity index (χ1v) is 8.42. The van der Waals surface area contributed by atoms with Crippen molar-refractivity contribution in [1.29, 1.82) is 0 Å². The van der Waals surface area contributed by atoms with E-state index in [4.69, 9.17) is 9.97 Å². The van der Waals surface area contributed by atoms with Crippen LogP contribution in [0.1, 0.15) is 55.1 Å². The Hall–Kier alpha value is -0.960. The molecule has 3 heteroatoms. The Morgan fingerprint density at radius 1 is 1.00 bits per heavy atom. The molecule has 5 aliphatic rings. The summed E-state index contributed by atoms with van der Waals surface area (Å²) in [5, 5.41) is 3.45. The molecule has 1 N–H and O–H groups in total. The fourth-order valence-electron chi connectivity index (χ4n) is 5.76. The lowest BCUT2D eigenvalue weighted by Gasteiger charge is -2.53. The standard InChI is InChI=1S/C17H23N3/c1-2-18-9-15-12(1)8-19-17(20-15)16-13-4-10-3-11(6-13)7-14(16)5-10/h8,10-11,13-14,16,18H,1-7,9H2. The van der Waals surface area contributed by atoms with Crippen LogP contribution in [0.4, 0.5) is 0 Å². The van der Waals surface area contributed by atoms with Crippen molar-refractivity contribution in [3.63, 3.8) is 0 Å². The summed E-state index contributed by atoms with van der Waals surface area (Å²) in [7, 11) is 0. The molecule has 3 nitrogen and oxygen atoms in total. The second kappa shape index (κ2) is 4.27. The molecule has 0 radical (unpaired) electrons. The molecule has 0 amide bonds. The molecule has 0 saturated heterocycles. The van der Waals surface area contributed by atoms with E-state index in [-0.39, 0.29) is 0 Å². The van der Waals surface area contributed by atoms with Gasteiger partial charge in [-0.2, -0.15) is 0 Å². The third-order valence-electron chi connectivity index (χ3n) is 6.36. The highest BCUT2D eigenvalue weighted by Crippen LogP contribution is 2.59. The van der Waals surface area contributed by atoms with E-state index in [9.17, 15) is 0 Å². The van der Waals surface area contributed by atoms with Crippen LogP contribution in [0.15, 0.2) is 6.20 Å². The van der Waals surface area contributed by atoms with Gasteiger partial charge in [-0.15, -0.1) is 0 Å². The van der Waals surface area contributed by atoms with Crippen LogP contribution in [0.5, 0.6) is 0 Å². The molecule has 0 unspecified atom stereocenters. The van der Waals surface area contributed by atoms with Crippen molar-refractivity contribution in [3.05, 3.63) is 23.3 Å². The van der Waals surface area contributed by atoms with Crippen molar-refractivity contribution < 1.29 is 0 Å². The van der Waals surface area contributed by atoms with Crippen molar-refractivity contribution >= 4 is 0 Å². The summed E-state index contributed by atoms with van der Waals surface area (Å²) in [6, 6.07) is 0. The highest BCUT2D eigenvalue weighted by Gasteiger charge is 2.49. The molecule has 0 spiro atoms. The molecule has 2 heterocycles. The van der Waals surface area contributed by atoms with Gasteiger partial charge in [0.2, 0.25) is 0 Å². The molecule has 4 fully saturated rings. The Balaban J connectivity index is 1.50. The van der Waals surface area contributed by atoms with Gasteiger partial charge in [-0.05, 0) is 74.3 Å². The van der Waals surface area contributed by atoms with E-state index in [1.165, 1.54) is 49.2 Å². The summed E-state index contributed by atoms with van der Waals surface area (Å²) in [4.78, 5) is 9.78. The highest BCUT2D eigenvalue weighted by molar-refractivity contribution is 5.22. The van der Waals surface area contributed by atoms with Crippen LogP contribution >= 0.6 is 0 Å². The Bertz CT molecular complexity index is 511. The van der Waals surface area contributed by atoms with Gasteiger partial charge in [-0.25, -0.2) is 9.97 Å². The Kier molecular flexibility index (Phi) is 2.49. The van der Waals surface area contributed by atoms with E-state index < -0.39 is 0 Å². The summed E-state index contributed by atoms with van der Waals surface area (Å²) in [5.41, 5.74) is 2.64. The Labute approximate surface area is 120 Å². The lowest BCUT2D eigenvalue weighted by atomic mass is 9.51. The normalized spacial score (nSPS) is 41.7. The van der Waals surface area contributed by atoms with Crippen LogP contribution in [0, 0.1) is 23.7 Å². The van der Waals surface area contributed by atoms with Crippen molar-refractivity contribution in [2.45, 2.75) is 51.0 Å². The third-order valence-corrected chi connectivity index (χ3v) is 6.36. The fraction of sp³-hybridized carbons (Fsp3) is 0.765. The van der Waals surface area contributed by atoms with E-state index in [2.05, 4.69) is 11.5 Å². The number of fused-ring (bicyclic) bond motifs is 1. The van der Waals surface area contributed by atoms with Crippen molar-refractivity contribution in [3.8, 4) is 0 Å². The second-order valence-corrected chi connectivity index (χ2v) is 7.58. The van der Waals surface area contributed by atoms with E-state index >= 15 is 0 Å². The lowest BCUT2D eigenvalue weighted by molar-refractivity contribution is -0.00575. The van der Waals surface area contributed by atoms with Gasteiger partial charge >= 0.3 is 0 Å². The van der Waals surface area contributed by atoms with E-state index in [1.807, 2.05) is 0 Å². The molecule has 4 saturated carbocycles. The van der Waals surface area contributed by atoms with Gasteiger partial charge < -0.3 is 5.32 Å². The summed E-state index contributed by atoms with van der Waals surface area (Å²) < 4.78 is 0. The molecular weight excluding hydrogens is 246 g/mol. The minimum Gasteiger partial charge on any atom is -0.311 e. The fourth-order valence-corrected chi connectivity index (χ4v) is 5.76. The predicted octanol–water partition coefficient (Wildman–Crippen LogP) is 2.66. The quantitative estimate of drug-likeness (QED) is 0.851. The number of hydrogen-bond acceptors (Lipinski definition) is 3. The van der Waals surface area contributed by atoms with E-state index in [1.54, 1.807) is 0 Å². The maximum Gasteiger partial charge on any atom is 0.132 e. The second-order valence-electron chi connectivity index (χ2n) is 7.58. The van der Waals surface area contributed by atoms with Crippen molar-refractivity contribution in [1.82, 2.24) is 15.3 Å². The number of rotatable bonds is 1. The molecule has 1 aromatic heterocycles. The van der Waals surface area contributed by atoms with Gasteiger partial charge in [0.25, 0.3) is 0 Å². The molecule has 106 valence electrons. The summed E-state index contributed by atoms with van der Waals surface area (Å²) in [5.74, 6) is 5.71. The van der Waals surface area contributed by atoms with Gasteiger partial charge in [-0.3, -0.25) is 0 Å². The van der Waals surface area contributed by atoms with Crippen LogP contribution < -0.4 is 5.32 Å². The van der Waals surface area contributed by atoms with Crippen molar-refractivity contribution in [2.24, 2.45) is 23.7 Å².